The van der Waals surface area contributed by atoms with E-state index in [2.05, 4.69) is 37.1 Å². The number of halogens is 1. The zero-order valence-corrected chi connectivity index (χ0v) is 19.2. The van der Waals surface area contributed by atoms with E-state index in [1.54, 1.807) is 25.1 Å². The highest BCUT2D eigenvalue weighted by Crippen LogP contribution is 2.22. The molecule has 0 aliphatic rings. The Hall–Kier alpha value is -3.20. The van der Waals surface area contributed by atoms with Gasteiger partial charge in [0.2, 0.25) is 0 Å². The highest BCUT2D eigenvalue weighted by Gasteiger charge is 2.14. The normalized spacial score (nSPS) is 11.6. The zero-order valence-electron chi connectivity index (χ0n) is 17.6. The van der Waals surface area contributed by atoms with E-state index in [-0.39, 0.29) is 18.6 Å². The Morgan fingerprint density at radius 1 is 1.16 bits per heavy atom. The number of nitrogens with one attached hydrogen (secondary N) is 3. The van der Waals surface area contributed by atoms with Crippen molar-refractivity contribution < 1.29 is 19.1 Å². The molecule has 0 saturated carbocycles. The monoisotopic (exact) mass is 488 g/mol. The van der Waals surface area contributed by atoms with Gasteiger partial charge in [0.15, 0.2) is 6.61 Å². The van der Waals surface area contributed by atoms with Crippen molar-refractivity contribution in [3.63, 3.8) is 0 Å². The minimum absolute atomic E-state index is 0.113. The highest BCUT2D eigenvalue weighted by atomic mass is 79.9. The van der Waals surface area contributed by atoms with Gasteiger partial charge >= 0.3 is 11.8 Å². The van der Waals surface area contributed by atoms with E-state index in [0.717, 1.165) is 10.0 Å². The Labute approximate surface area is 189 Å². The second-order valence-corrected chi connectivity index (χ2v) is 7.73. The summed E-state index contributed by atoms with van der Waals surface area (Å²) in [7, 11) is 0. The Bertz CT molecular complexity index is 978. The van der Waals surface area contributed by atoms with Gasteiger partial charge in [0, 0.05) is 21.8 Å². The molecule has 0 radical (unpaired) electrons. The molecule has 164 valence electrons. The Kier molecular flexibility index (Phi) is 9.20. The molecule has 0 bridgehead atoms. The molecule has 0 fully saturated rings. The molecule has 2 aromatic rings. The predicted octanol–water partition coefficient (Wildman–Crippen LogP) is 3.14. The number of nitrogens with zero attached hydrogens (tertiary/aromatic N) is 1. The van der Waals surface area contributed by atoms with Crippen LogP contribution < -0.4 is 20.8 Å². The zero-order chi connectivity index (χ0) is 22.8. The summed E-state index contributed by atoms with van der Waals surface area (Å²) in [4.78, 5) is 35.8. The fourth-order valence-corrected chi connectivity index (χ4v) is 2.78. The molecule has 3 N–H and O–H groups in total. The molecule has 0 aliphatic heterocycles. The number of carbonyl (C=O) groups is 3. The summed E-state index contributed by atoms with van der Waals surface area (Å²) in [6, 6.07) is 12.5. The second-order valence-electron chi connectivity index (χ2n) is 6.82. The molecular formula is C22H25BrN4O4. The fraction of sp³-hybridized carbons (Fsp3) is 0.273. The van der Waals surface area contributed by atoms with E-state index in [0.29, 0.717) is 23.4 Å². The lowest BCUT2D eigenvalue weighted by molar-refractivity contribution is -0.139. The summed E-state index contributed by atoms with van der Waals surface area (Å²) in [5, 5.41) is 9.16. The van der Waals surface area contributed by atoms with Crippen LogP contribution in [0.4, 0.5) is 5.69 Å². The van der Waals surface area contributed by atoms with Crippen LogP contribution in [0.15, 0.2) is 52.0 Å². The highest BCUT2D eigenvalue weighted by molar-refractivity contribution is 9.10. The van der Waals surface area contributed by atoms with Crippen molar-refractivity contribution in [2.75, 3.05) is 11.9 Å². The first-order valence-electron chi connectivity index (χ1n) is 9.71. The van der Waals surface area contributed by atoms with Crippen molar-refractivity contribution in [1.82, 2.24) is 10.7 Å². The van der Waals surface area contributed by atoms with Crippen molar-refractivity contribution in [3.8, 4) is 5.75 Å². The maximum absolute atomic E-state index is 12.2. The van der Waals surface area contributed by atoms with Crippen LogP contribution in [0.3, 0.4) is 0 Å². The minimum atomic E-state index is -0.869. The molecular weight excluding hydrogens is 464 g/mol. The number of para-hydroxylation sites is 1. The van der Waals surface area contributed by atoms with Crippen molar-refractivity contribution in [1.29, 1.82) is 0 Å². The van der Waals surface area contributed by atoms with Crippen LogP contribution in [-0.4, -0.2) is 36.6 Å². The van der Waals surface area contributed by atoms with Gasteiger partial charge in [-0.15, -0.1) is 0 Å². The largest absolute Gasteiger partial charge is 0.483 e. The molecule has 8 nitrogen and oxygen atoms in total. The van der Waals surface area contributed by atoms with Crippen LogP contribution in [0.1, 0.15) is 31.4 Å². The van der Waals surface area contributed by atoms with Gasteiger partial charge in [-0.05, 0) is 50.1 Å². The van der Waals surface area contributed by atoms with Crippen LogP contribution >= 0.6 is 15.9 Å². The lowest BCUT2D eigenvalue weighted by Crippen LogP contribution is -2.41. The van der Waals surface area contributed by atoms with Gasteiger partial charge in [-0.2, -0.15) is 5.10 Å². The molecule has 2 rings (SSSR count). The van der Waals surface area contributed by atoms with Gasteiger partial charge in [0.1, 0.15) is 5.75 Å². The van der Waals surface area contributed by atoms with E-state index in [1.807, 2.05) is 38.1 Å². The Morgan fingerprint density at radius 2 is 1.90 bits per heavy atom. The number of ether oxygens (including phenoxy) is 1. The van der Waals surface area contributed by atoms with E-state index in [9.17, 15) is 14.4 Å². The van der Waals surface area contributed by atoms with E-state index < -0.39 is 11.8 Å². The SMILES string of the molecule is CC[C@H](C)NC(=O)C(=O)N/N=C\c1cc(Br)ccc1OCC(=O)Nc1ccccc1C. The number of carbonyl (C=O) groups excluding carboxylic acids is 3. The van der Waals surface area contributed by atoms with Gasteiger partial charge in [-0.25, -0.2) is 5.43 Å². The molecule has 0 aliphatic carbocycles. The van der Waals surface area contributed by atoms with E-state index in [1.165, 1.54) is 6.21 Å². The van der Waals surface area contributed by atoms with Gasteiger partial charge in [-0.3, -0.25) is 14.4 Å². The molecule has 31 heavy (non-hydrogen) atoms. The van der Waals surface area contributed by atoms with Gasteiger partial charge < -0.3 is 15.4 Å². The third-order valence-electron chi connectivity index (χ3n) is 4.32. The molecule has 0 spiro atoms. The standard InChI is InChI=1S/C22H25BrN4O4/c1-4-15(3)25-21(29)22(30)27-24-12-16-11-17(23)9-10-19(16)31-13-20(28)26-18-8-6-5-7-14(18)2/h5-12,15H,4,13H2,1-3H3,(H,25,29)(H,26,28)(H,27,30)/b24-12-/t15-/m0/s1. The first-order chi connectivity index (χ1) is 14.8. The topological polar surface area (TPSA) is 109 Å². The summed E-state index contributed by atoms with van der Waals surface area (Å²) in [5.74, 6) is -1.54. The smallest absolute Gasteiger partial charge is 0.329 e. The number of hydrazone groups is 1. The number of anilines is 1. The first kappa shape index (κ1) is 24.1. The van der Waals surface area contributed by atoms with Crippen LogP contribution in [0.2, 0.25) is 0 Å². The molecule has 1 atom stereocenters. The van der Waals surface area contributed by atoms with Crippen molar-refractivity contribution in [2.24, 2.45) is 5.10 Å². The van der Waals surface area contributed by atoms with Gasteiger partial charge in [0.25, 0.3) is 5.91 Å². The number of benzene rings is 2. The number of aryl methyl sites for hydroxylation is 1. The van der Waals surface area contributed by atoms with Crippen LogP contribution in [-0.2, 0) is 14.4 Å². The number of hydrogen-bond donors (Lipinski definition) is 3. The summed E-state index contributed by atoms with van der Waals surface area (Å²) < 4.78 is 6.38. The lowest BCUT2D eigenvalue weighted by Gasteiger charge is -2.11. The van der Waals surface area contributed by atoms with E-state index >= 15 is 0 Å². The molecule has 3 amide bonds. The third kappa shape index (κ3) is 7.86. The van der Waals surface area contributed by atoms with Crippen LogP contribution in [0, 0.1) is 6.92 Å². The number of hydrogen-bond acceptors (Lipinski definition) is 5. The molecule has 0 saturated heterocycles. The van der Waals surface area contributed by atoms with Crippen LogP contribution in [0.25, 0.3) is 0 Å². The van der Waals surface area contributed by atoms with Crippen molar-refractivity contribution >= 4 is 45.6 Å². The predicted molar refractivity (Wildman–Crippen MR) is 123 cm³/mol. The molecule has 0 aromatic heterocycles. The summed E-state index contributed by atoms with van der Waals surface area (Å²) in [5.41, 5.74) is 4.35. The van der Waals surface area contributed by atoms with Crippen LogP contribution in [0.5, 0.6) is 5.75 Å². The van der Waals surface area contributed by atoms with E-state index in [4.69, 9.17) is 4.74 Å². The Morgan fingerprint density at radius 3 is 2.61 bits per heavy atom. The first-order valence-corrected chi connectivity index (χ1v) is 10.5. The second kappa shape index (κ2) is 11.8. The van der Waals surface area contributed by atoms with Crippen molar-refractivity contribution in [3.05, 3.63) is 58.1 Å². The van der Waals surface area contributed by atoms with Crippen molar-refractivity contribution in [2.45, 2.75) is 33.2 Å². The Balaban J connectivity index is 1.98. The average molecular weight is 489 g/mol. The average Bonchev–Trinajstić information content (AvgIpc) is 2.74. The summed E-state index contributed by atoms with van der Waals surface area (Å²) >= 11 is 3.36. The number of rotatable bonds is 8. The maximum atomic E-state index is 12.2. The maximum Gasteiger partial charge on any atom is 0.329 e. The molecule has 0 unspecified atom stereocenters. The summed E-state index contributed by atoms with van der Waals surface area (Å²) in [6.45, 7) is 5.39. The summed E-state index contributed by atoms with van der Waals surface area (Å²) in [6.07, 6.45) is 2.05. The minimum Gasteiger partial charge on any atom is -0.483 e. The third-order valence-corrected chi connectivity index (χ3v) is 4.81. The quantitative estimate of drug-likeness (QED) is 0.301. The lowest BCUT2D eigenvalue weighted by atomic mass is 10.2. The number of amides is 3. The molecule has 2 aromatic carbocycles. The molecule has 0 heterocycles. The fourth-order valence-electron chi connectivity index (χ4n) is 2.40. The molecule has 9 heteroatoms. The van der Waals surface area contributed by atoms with Gasteiger partial charge in [-0.1, -0.05) is 41.1 Å². The van der Waals surface area contributed by atoms with Gasteiger partial charge in [0.05, 0.1) is 6.21 Å².